The van der Waals surface area contributed by atoms with E-state index < -0.39 is 10.0 Å². The van der Waals surface area contributed by atoms with E-state index >= 15 is 0 Å². The second-order valence-corrected chi connectivity index (χ2v) is 10.4. The standard InChI is InChI=1S/C25H23ClN2O2S/c1-16-5-2-8-19(13-16)28-31(29,30)20-11-12-24-23(15-20)21-9-4-10-22(21)25(27-24)17-6-3-7-18(26)14-17/h2-9,11-15,21-22,25,27-28H,10H2,1H3/t21-,22-,25-/m1/s1. The van der Waals surface area contributed by atoms with Crippen molar-refractivity contribution in [2.24, 2.45) is 5.92 Å². The molecule has 6 heteroatoms. The van der Waals surface area contributed by atoms with Crippen molar-refractivity contribution in [2.75, 3.05) is 10.0 Å². The minimum absolute atomic E-state index is 0.124. The van der Waals surface area contributed by atoms with Crippen molar-refractivity contribution in [2.45, 2.75) is 30.2 Å². The molecule has 3 aromatic carbocycles. The molecule has 5 rings (SSSR count). The minimum Gasteiger partial charge on any atom is -0.378 e. The van der Waals surface area contributed by atoms with E-state index in [4.69, 9.17) is 11.6 Å². The lowest BCUT2D eigenvalue weighted by molar-refractivity contribution is 0.425. The first-order valence-corrected chi connectivity index (χ1v) is 12.2. The Labute approximate surface area is 188 Å². The molecule has 0 saturated heterocycles. The van der Waals surface area contributed by atoms with Gasteiger partial charge in [-0.15, -0.1) is 0 Å². The second kappa shape index (κ2) is 7.74. The van der Waals surface area contributed by atoms with Crippen molar-refractivity contribution < 1.29 is 8.42 Å². The van der Waals surface area contributed by atoms with Crippen LogP contribution in [0.4, 0.5) is 11.4 Å². The van der Waals surface area contributed by atoms with Crippen LogP contribution in [-0.4, -0.2) is 8.42 Å². The first-order chi connectivity index (χ1) is 14.9. The molecular weight excluding hydrogens is 428 g/mol. The van der Waals surface area contributed by atoms with Gasteiger partial charge in [-0.3, -0.25) is 4.72 Å². The van der Waals surface area contributed by atoms with Crippen molar-refractivity contribution in [3.05, 3.63) is 101 Å². The zero-order chi connectivity index (χ0) is 21.6. The van der Waals surface area contributed by atoms with E-state index in [1.807, 2.05) is 55.5 Å². The van der Waals surface area contributed by atoms with Crippen LogP contribution in [0.25, 0.3) is 0 Å². The van der Waals surface area contributed by atoms with E-state index in [0.29, 0.717) is 11.6 Å². The number of fused-ring (bicyclic) bond motifs is 3. The van der Waals surface area contributed by atoms with Gasteiger partial charge < -0.3 is 5.32 Å². The Morgan fingerprint density at radius 2 is 1.87 bits per heavy atom. The summed E-state index contributed by atoms with van der Waals surface area (Å²) in [6, 6.07) is 20.8. The number of halogens is 1. The lowest BCUT2D eigenvalue weighted by atomic mass is 9.77. The molecule has 0 fully saturated rings. The summed E-state index contributed by atoms with van der Waals surface area (Å²) in [5, 5.41) is 4.35. The number of nitrogens with one attached hydrogen (secondary N) is 2. The summed E-state index contributed by atoms with van der Waals surface area (Å²) in [6.45, 7) is 1.94. The Balaban J connectivity index is 1.50. The predicted molar refractivity (Wildman–Crippen MR) is 126 cm³/mol. The molecule has 31 heavy (non-hydrogen) atoms. The zero-order valence-corrected chi connectivity index (χ0v) is 18.6. The smallest absolute Gasteiger partial charge is 0.261 e. The summed E-state index contributed by atoms with van der Waals surface area (Å²) in [7, 11) is -3.68. The maximum atomic E-state index is 13.0. The quantitative estimate of drug-likeness (QED) is 0.460. The summed E-state index contributed by atoms with van der Waals surface area (Å²) in [5.41, 5.74) is 4.70. The summed E-state index contributed by atoms with van der Waals surface area (Å²) in [4.78, 5) is 0.273. The van der Waals surface area contributed by atoms with Crippen molar-refractivity contribution in [3.8, 4) is 0 Å². The lowest BCUT2D eigenvalue weighted by Crippen LogP contribution is -2.29. The average molecular weight is 451 g/mol. The molecule has 3 aromatic rings. The summed E-state index contributed by atoms with van der Waals surface area (Å²) in [5.74, 6) is 0.475. The van der Waals surface area contributed by atoms with Crippen LogP contribution >= 0.6 is 11.6 Å². The highest BCUT2D eigenvalue weighted by molar-refractivity contribution is 7.92. The number of allylic oxidation sites excluding steroid dienone is 2. The van der Waals surface area contributed by atoms with E-state index in [9.17, 15) is 8.42 Å². The van der Waals surface area contributed by atoms with E-state index in [-0.39, 0.29) is 16.9 Å². The zero-order valence-electron chi connectivity index (χ0n) is 17.0. The summed E-state index contributed by atoms with van der Waals surface area (Å²) >= 11 is 6.24. The normalized spacial score (nSPS) is 21.8. The Morgan fingerprint density at radius 1 is 1.03 bits per heavy atom. The van der Waals surface area contributed by atoms with Gasteiger partial charge in [-0.05, 0) is 78.4 Å². The van der Waals surface area contributed by atoms with Crippen molar-refractivity contribution in [1.82, 2.24) is 0 Å². The van der Waals surface area contributed by atoms with Gasteiger partial charge in [0, 0.05) is 22.3 Å². The Bertz CT molecular complexity index is 1290. The van der Waals surface area contributed by atoms with Gasteiger partial charge in [0.05, 0.1) is 10.9 Å². The first-order valence-electron chi connectivity index (χ1n) is 10.3. The molecule has 2 aliphatic rings. The molecule has 1 aliphatic carbocycles. The van der Waals surface area contributed by atoms with Gasteiger partial charge in [0.25, 0.3) is 10.0 Å². The molecule has 2 N–H and O–H groups in total. The molecule has 1 heterocycles. The second-order valence-electron chi connectivity index (χ2n) is 8.25. The molecule has 0 spiro atoms. The van der Waals surface area contributed by atoms with Crippen LogP contribution in [0.15, 0.2) is 83.8 Å². The maximum absolute atomic E-state index is 13.0. The van der Waals surface area contributed by atoms with Gasteiger partial charge in [0.1, 0.15) is 0 Å². The SMILES string of the molecule is Cc1cccc(NS(=O)(=O)c2ccc3c(c2)[C@@H]2C=CC[C@H]2[C@@H](c2cccc(Cl)c2)N3)c1. The number of hydrogen-bond donors (Lipinski definition) is 2. The van der Waals surface area contributed by atoms with Crippen LogP contribution in [-0.2, 0) is 10.0 Å². The fraction of sp³-hybridized carbons (Fsp3) is 0.200. The molecule has 4 nitrogen and oxygen atoms in total. The number of benzene rings is 3. The maximum Gasteiger partial charge on any atom is 0.261 e. The molecule has 1 aliphatic heterocycles. The van der Waals surface area contributed by atoms with Gasteiger partial charge in [-0.25, -0.2) is 8.42 Å². The fourth-order valence-electron chi connectivity index (χ4n) is 4.69. The van der Waals surface area contributed by atoms with Crippen LogP contribution in [0, 0.1) is 12.8 Å². The van der Waals surface area contributed by atoms with Crippen molar-refractivity contribution in [1.29, 1.82) is 0 Å². The predicted octanol–water partition coefficient (Wildman–Crippen LogP) is 6.28. The number of hydrogen-bond acceptors (Lipinski definition) is 3. The molecule has 0 aromatic heterocycles. The van der Waals surface area contributed by atoms with Crippen molar-refractivity contribution >= 4 is 33.0 Å². The molecular formula is C25H23ClN2O2S. The van der Waals surface area contributed by atoms with E-state index in [2.05, 4.69) is 28.3 Å². The van der Waals surface area contributed by atoms with Gasteiger partial charge in [-0.1, -0.05) is 48.0 Å². The van der Waals surface area contributed by atoms with Gasteiger partial charge in [-0.2, -0.15) is 0 Å². The van der Waals surface area contributed by atoms with Crippen LogP contribution in [0.2, 0.25) is 5.02 Å². The Kier molecular flexibility index (Phi) is 5.03. The van der Waals surface area contributed by atoms with Gasteiger partial charge >= 0.3 is 0 Å². The Morgan fingerprint density at radius 3 is 2.68 bits per heavy atom. The number of aryl methyl sites for hydroxylation is 1. The van der Waals surface area contributed by atoms with Crippen LogP contribution in [0.1, 0.15) is 35.1 Å². The largest absolute Gasteiger partial charge is 0.378 e. The van der Waals surface area contributed by atoms with E-state index in [1.54, 1.807) is 12.1 Å². The third-order valence-electron chi connectivity index (χ3n) is 6.12. The fourth-order valence-corrected chi connectivity index (χ4v) is 5.98. The molecule has 0 radical (unpaired) electrons. The van der Waals surface area contributed by atoms with Crippen LogP contribution < -0.4 is 10.0 Å². The van der Waals surface area contributed by atoms with Crippen LogP contribution in [0.5, 0.6) is 0 Å². The third-order valence-corrected chi connectivity index (χ3v) is 7.74. The molecule has 3 atom stereocenters. The monoisotopic (exact) mass is 450 g/mol. The molecule has 0 saturated carbocycles. The highest BCUT2D eigenvalue weighted by Gasteiger charge is 2.38. The molecule has 0 amide bonds. The topological polar surface area (TPSA) is 58.2 Å². The minimum atomic E-state index is -3.68. The van der Waals surface area contributed by atoms with Gasteiger partial charge in [0.15, 0.2) is 0 Å². The molecule has 158 valence electrons. The summed E-state index contributed by atoms with van der Waals surface area (Å²) in [6.07, 6.45) is 5.33. The van der Waals surface area contributed by atoms with E-state index in [0.717, 1.165) is 33.8 Å². The third kappa shape index (κ3) is 3.84. The number of anilines is 2. The van der Waals surface area contributed by atoms with Gasteiger partial charge in [0.2, 0.25) is 0 Å². The number of rotatable bonds is 4. The highest BCUT2D eigenvalue weighted by Crippen LogP contribution is 2.50. The summed E-state index contributed by atoms with van der Waals surface area (Å²) < 4.78 is 28.8. The molecule has 0 bridgehead atoms. The average Bonchev–Trinajstić information content (AvgIpc) is 3.23. The van der Waals surface area contributed by atoms with Crippen molar-refractivity contribution in [3.63, 3.8) is 0 Å². The highest BCUT2D eigenvalue weighted by atomic mass is 35.5. The Hall–Kier alpha value is -2.76. The first kappa shape index (κ1) is 20.2. The number of sulfonamides is 1. The lowest BCUT2D eigenvalue weighted by Gasteiger charge is -2.37. The van der Waals surface area contributed by atoms with E-state index in [1.165, 1.54) is 0 Å². The molecule has 0 unspecified atom stereocenters. The van der Waals surface area contributed by atoms with Crippen LogP contribution in [0.3, 0.4) is 0 Å².